The molecule has 184 valence electrons. The Morgan fingerprint density at radius 3 is 1.39 bits per heavy atom. The van der Waals surface area contributed by atoms with E-state index in [9.17, 15) is 46.2 Å². The highest BCUT2D eigenvalue weighted by molar-refractivity contribution is 6.39. The van der Waals surface area contributed by atoms with E-state index in [-0.39, 0.29) is 33.2 Å². The van der Waals surface area contributed by atoms with E-state index in [0.717, 1.165) is 29.2 Å². The lowest BCUT2D eigenvalue weighted by Gasteiger charge is -2.34. The monoisotopic (exact) mass is 504 g/mol. The minimum absolute atomic E-state index is 0.0668. The van der Waals surface area contributed by atoms with Gasteiger partial charge in [0.15, 0.2) is 23.3 Å². The molecule has 0 aromatic heterocycles. The lowest BCUT2D eigenvalue weighted by molar-refractivity contribution is 0.0465. The first kappa shape index (κ1) is 23.5. The highest BCUT2D eigenvalue weighted by atomic mass is 19.2. The topological polar surface area (TPSA) is 95.0 Å². The van der Waals surface area contributed by atoms with E-state index in [1.165, 1.54) is 0 Å². The van der Waals surface area contributed by atoms with Crippen LogP contribution in [-0.2, 0) is 0 Å². The number of anilines is 1. The number of benzene rings is 3. The number of halogens is 5. The van der Waals surface area contributed by atoms with Crippen LogP contribution < -0.4 is 4.90 Å². The second kappa shape index (κ2) is 7.92. The van der Waals surface area contributed by atoms with Gasteiger partial charge in [0.1, 0.15) is 5.69 Å². The molecule has 0 bridgehead atoms. The molecule has 3 aromatic carbocycles. The van der Waals surface area contributed by atoms with Crippen molar-refractivity contribution in [3.63, 3.8) is 0 Å². The van der Waals surface area contributed by atoms with Gasteiger partial charge in [0.25, 0.3) is 23.6 Å². The van der Waals surface area contributed by atoms with Crippen LogP contribution in [0.4, 0.5) is 27.6 Å². The molecule has 0 aliphatic carbocycles. The molecule has 3 aromatic rings. The fourth-order valence-corrected chi connectivity index (χ4v) is 4.61. The van der Waals surface area contributed by atoms with Crippen LogP contribution in [-0.4, -0.2) is 46.3 Å². The number of aliphatic hydroxyl groups is 1. The van der Waals surface area contributed by atoms with Crippen LogP contribution in [0.1, 0.15) is 54.8 Å². The molecule has 2 heterocycles. The van der Waals surface area contributed by atoms with Crippen molar-refractivity contribution in [2.24, 2.45) is 0 Å². The van der Waals surface area contributed by atoms with Gasteiger partial charge in [-0.15, -0.1) is 0 Å². The molecule has 0 saturated carbocycles. The van der Waals surface area contributed by atoms with Gasteiger partial charge in [0, 0.05) is 33.0 Å². The second-order valence-electron chi connectivity index (χ2n) is 8.16. The van der Waals surface area contributed by atoms with Crippen molar-refractivity contribution in [1.29, 1.82) is 0 Å². The molecular formula is C24H13F5N2O5. The van der Waals surface area contributed by atoms with Crippen molar-refractivity contribution in [2.75, 3.05) is 11.5 Å². The molecule has 0 spiro atoms. The zero-order chi connectivity index (χ0) is 26.2. The zero-order valence-electron chi connectivity index (χ0n) is 18.2. The maximum Gasteiger partial charge on any atom is 0.266 e. The number of amides is 4. The van der Waals surface area contributed by atoms with E-state index in [0.29, 0.717) is 0 Å². The summed E-state index contributed by atoms with van der Waals surface area (Å²) in [6.07, 6.45) is 0.247. The Balaban J connectivity index is 1.76. The minimum atomic E-state index is -2.46. The average Bonchev–Trinajstić information content (AvgIpc) is 2.87. The Bertz CT molecular complexity index is 1470. The molecule has 4 amide bonds. The van der Waals surface area contributed by atoms with Crippen LogP contribution in [0.5, 0.6) is 0 Å². The summed E-state index contributed by atoms with van der Waals surface area (Å²) in [4.78, 5) is 53.4. The van der Waals surface area contributed by atoms with E-state index in [4.69, 9.17) is 0 Å². The van der Waals surface area contributed by atoms with E-state index in [1.807, 2.05) is 0 Å². The van der Waals surface area contributed by atoms with Crippen molar-refractivity contribution in [3.8, 4) is 0 Å². The summed E-state index contributed by atoms with van der Waals surface area (Å²) in [6, 6.07) is 3.59. The number of rotatable bonds is 4. The molecule has 1 N–H and O–H groups in total. The summed E-state index contributed by atoms with van der Waals surface area (Å²) >= 11 is 0. The molecule has 1 atom stereocenters. The highest BCUT2D eigenvalue weighted by Crippen LogP contribution is 2.41. The maximum atomic E-state index is 14.5. The fraction of sp³-hybridized carbons (Fsp3) is 0.167. The smallest absolute Gasteiger partial charge is 0.266 e. The summed E-state index contributed by atoms with van der Waals surface area (Å²) in [5, 5.41) is 9.39. The van der Waals surface area contributed by atoms with Crippen molar-refractivity contribution in [3.05, 3.63) is 75.6 Å². The van der Waals surface area contributed by atoms with Crippen molar-refractivity contribution in [1.82, 2.24) is 4.90 Å². The van der Waals surface area contributed by atoms with Gasteiger partial charge in [-0.05, 0) is 30.7 Å². The fourth-order valence-electron chi connectivity index (χ4n) is 4.61. The third-order valence-electron chi connectivity index (χ3n) is 6.38. The number of imide groups is 2. The summed E-state index contributed by atoms with van der Waals surface area (Å²) in [5.41, 5.74) is -2.66. The Hall–Kier alpha value is -4.19. The molecule has 2 aliphatic rings. The molecule has 12 heteroatoms. The van der Waals surface area contributed by atoms with Crippen LogP contribution in [0.3, 0.4) is 0 Å². The average molecular weight is 504 g/mol. The molecule has 1 unspecified atom stereocenters. The predicted octanol–water partition coefficient (Wildman–Crippen LogP) is 3.70. The summed E-state index contributed by atoms with van der Waals surface area (Å²) < 4.78 is 70.2. The molecule has 0 radical (unpaired) electrons. The van der Waals surface area contributed by atoms with Crippen LogP contribution in [0, 0.1) is 29.1 Å². The second-order valence-corrected chi connectivity index (χ2v) is 8.16. The standard InChI is InChI=1S/C24H13F5N2O5/c1-2-8(7-32)30-21(33)9-3-5-11-14-12(6-4-10(13(9)14)22(30)34)24(36)31(23(11)35)20-18(28)16(26)15(25)17(27)19(20)29/h3-6,8,32H,2,7H2,1H3. The number of carbonyl (C=O) groups is 4. The van der Waals surface area contributed by atoms with Gasteiger partial charge in [-0.3, -0.25) is 24.1 Å². The third kappa shape index (κ3) is 2.81. The Morgan fingerprint density at radius 1 is 0.667 bits per heavy atom. The number of aliphatic hydroxyl groups excluding tert-OH is 1. The van der Waals surface area contributed by atoms with Crippen molar-refractivity contribution >= 4 is 40.1 Å². The van der Waals surface area contributed by atoms with Gasteiger partial charge in [0.05, 0.1) is 12.6 Å². The molecule has 36 heavy (non-hydrogen) atoms. The first-order chi connectivity index (χ1) is 17.1. The largest absolute Gasteiger partial charge is 0.394 e. The Morgan fingerprint density at radius 2 is 1.03 bits per heavy atom. The highest BCUT2D eigenvalue weighted by Gasteiger charge is 2.44. The number of carbonyl (C=O) groups excluding carboxylic acids is 4. The summed E-state index contributed by atoms with van der Waals surface area (Å²) in [6.45, 7) is 1.15. The van der Waals surface area contributed by atoms with Gasteiger partial charge in [-0.1, -0.05) is 6.92 Å². The first-order valence-corrected chi connectivity index (χ1v) is 10.5. The van der Waals surface area contributed by atoms with Crippen LogP contribution in [0.15, 0.2) is 24.3 Å². The molecule has 0 fully saturated rings. The predicted molar refractivity (Wildman–Crippen MR) is 113 cm³/mol. The van der Waals surface area contributed by atoms with Gasteiger partial charge in [0.2, 0.25) is 5.82 Å². The van der Waals surface area contributed by atoms with E-state index >= 15 is 0 Å². The first-order valence-electron chi connectivity index (χ1n) is 10.5. The Kier molecular flexibility index (Phi) is 5.18. The molecular weight excluding hydrogens is 491 g/mol. The lowest BCUT2D eigenvalue weighted by atomic mass is 9.85. The molecule has 5 rings (SSSR count). The van der Waals surface area contributed by atoms with Crippen LogP contribution >= 0.6 is 0 Å². The van der Waals surface area contributed by atoms with Gasteiger partial charge >= 0.3 is 0 Å². The molecule has 0 saturated heterocycles. The van der Waals surface area contributed by atoms with Gasteiger partial charge in [-0.2, -0.15) is 0 Å². The number of nitrogens with zero attached hydrogens (tertiary/aromatic N) is 2. The zero-order valence-corrected chi connectivity index (χ0v) is 18.2. The minimum Gasteiger partial charge on any atom is -0.394 e. The lowest BCUT2D eigenvalue weighted by Crippen LogP contribution is -2.49. The van der Waals surface area contributed by atoms with Gasteiger partial charge < -0.3 is 5.11 Å². The summed E-state index contributed by atoms with van der Waals surface area (Å²) in [5.74, 6) is -16.3. The van der Waals surface area contributed by atoms with Crippen molar-refractivity contribution < 1.29 is 46.2 Å². The number of hydrogen-bond acceptors (Lipinski definition) is 5. The van der Waals surface area contributed by atoms with Crippen molar-refractivity contribution in [2.45, 2.75) is 19.4 Å². The van der Waals surface area contributed by atoms with E-state index in [2.05, 4.69) is 0 Å². The maximum absolute atomic E-state index is 14.5. The van der Waals surface area contributed by atoms with E-state index < -0.39 is 82.2 Å². The normalized spacial score (nSPS) is 15.9. The summed E-state index contributed by atoms with van der Waals surface area (Å²) in [7, 11) is 0. The number of hydrogen-bond donors (Lipinski definition) is 1. The van der Waals surface area contributed by atoms with Crippen LogP contribution in [0.25, 0.3) is 10.8 Å². The quantitative estimate of drug-likeness (QED) is 0.253. The SMILES string of the molecule is CCC(CO)N1C(=O)c2ccc3c4c(ccc(c24)C1=O)C(=O)N(c1c(F)c(F)c(F)c(F)c1F)C3=O. The Labute approximate surface area is 198 Å². The third-order valence-corrected chi connectivity index (χ3v) is 6.38. The van der Waals surface area contributed by atoms with Gasteiger partial charge in [-0.25, -0.2) is 26.9 Å². The molecule has 7 nitrogen and oxygen atoms in total. The molecule has 2 aliphatic heterocycles. The van der Waals surface area contributed by atoms with E-state index in [1.54, 1.807) is 6.92 Å². The van der Waals surface area contributed by atoms with Crippen LogP contribution in [0.2, 0.25) is 0 Å².